The van der Waals surface area contributed by atoms with Gasteiger partial charge in [-0.25, -0.2) is 0 Å². The molecule has 1 aromatic heterocycles. The molecule has 0 atom stereocenters. The van der Waals surface area contributed by atoms with Crippen LogP contribution in [-0.4, -0.2) is 18.0 Å². The molecule has 0 aliphatic heterocycles. The van der Waals surface area contributed by atoms with Crippen LogP contribution in [0.5, 0.6) is 5.75 Å². The Bertz CT molecular complexity index is 960. The van der Waals surface area contributed by atoms with Crippen molar-refractivity contribution in [2.24, 2.45) is 0 Å². The Morgan fingerprint density at radius 3 is 2.36 bits per heavy atom. The largest absolute Gasteiger partial charge is 0.497 e. The van der Waals surface area contributed by atoms with Gasteiger partial charge in [0.2, 0.25) is 0 Å². The molecule has 1 amide bonds. The first-order valence-corrected chi connectivity index (χ1v) is 9.14. The van der Waals surface area contributed by atoms with Crippen LogP contribution in [-0.2, 0) is 5.41 Å². The van der Waals surface area contributed by atoms with Crippen LogP contribution in [0.3, 0.4) is 0 Å². The summed E-state index contributed by atoms with van der Waals surface area (Å²) in [6, 6.07) is 19.1. The molecule has 0 fully saturated rings. The van der Waals surface area contributed by atoms with Gasteiger partial charge in [0.25, 0.3) is 5.91 Å². The summed E-state index contributed by atoms with van der Waals surface area (Å²) < 4.78 is 5.18. The van der Waals surface area contributed by atoms with Gasteiger partial charge in [-0.3, -0.25) is 9.78 Å². The number of nitrogens with zero attached hydrogens (tertiary/aromatic N) is 1. The normalized spacial score (nSPS) is 11.0. The van der Waals surface area contributed by atoms with E-state index in [0.717, 1.165) is 11.4 Å². The van der Waals surface area contributed by atoms with Crippen molar-refractivity contribution in [3.05, 3.63) is 78.1 Å². The number of aromatic nitrogens is 1. The highest BCUT2D eigenvalue weighted by molar-refractivity contribution is 6.03. The first-order chi connectivity index (χ1) is 13.3. The second kappa shape index (κ2) is 8.13. The second-order valence-electron chi connectivity index (χ2n) is 7.57. The van der Waals surface area contributed by atoms with Crippen molar-refractivity contribution < 1.29 is 9.53 Å². The molecule has 0 unspecified atom stereocenters. The molecule has 28 heavy (non-hydrogen) atoms. The van der Waals surface area contributed by atoms with Crippen LogP contribution in [0.4, 0.5) is 17.1 Å². The number of carbonyl (C=O) groups is 1. The lowest BCUT2D eigenvalue weighted by Crippen LogP contribution is -2.14. The molecular formula is C23H25N3O2. The number of anilines is 3. The lowest BCUT2D eigenvalue weighted by Gasteiger charge is -2.19. The Balaban J connectivity index is 1.72. The molecule has 144 valence electrons. The highest BCUT2D eigenvalue weighted by Crippen LogP contribution is 2.25. The molecule has 0 saturated carbocycles. The number of benzene rings is 2. The summed E-state index contributed by atoms with van der Waals surface area (Å²) in [7, 11) is 1.59. The standard InChI is InChI=1S/C23H25N3O2/c1-23(2,3)16-8-10-17(11-9-16)25-19-12-13-24-21(15-19)22(27)26-18-6-5-7-20(14-18)28-4/h5-15H,1-4H3,(H,24,25)(H,26,27). The van der Waals surface area contributed by atoms with Gasteiger partial charge in [0, 0.05) is 29.3 Å². The first-order valence-electron chi connectivity index (χ1n) is 9.14. The number of ether oxygens (including phenoxy) is 1. The smallest absolute Gasteiger partial charge is 0.274 e. The topological polar surface area (TPSA) is 63.2 Å². The predicted molar refractivity (Wildman–Crippen MR) is 114 cm³/mol. The van der Waals surface area contributed by atoms with Gasteiger partial charge in [0.1, 0.15) is 11.4 Å². The minimum absolute atomic E-state index is 0.112. The molecule has 2 aromatic carbocycles. The Kier molecular flexibility index (Phi) is 5.64. The van der Waals surface area contributed by atoms with Gasteiger partial charge in [-0.15, -0.1) is 0 Å². The third-order valence-corrected chi connectivity index (χ3v) is 4.36. The van der Waals surface area contributed by atoms with E-state index in [1.54, 1.807) is 31.5 Å². The minimum Gasteiger partial charge on any atom is -0.497 e. The summed E-state index contributed by atoms with van der Waals surface area (Å²) in [6.45, 7) is 6.56. The van der Waals surface area contributed by atoms with Crippen molar-refractivity contribution in [3.8, 4) is 5.75 Å². The molecule has 3 aromatic rings. The third-order valence-electron chi connectivity index (χ3n) is 4.36. The zero-order chi connectivity index (χ0) is 20.1. The SMILES string of the molecule is COc1cccc(NC(=O)c2cc(Nc3ccc(C(C)(C)C)cc3)ccn2)c1. The van der Waals surface area contributed by atoms with E-state index < -0.39 is 0 Å². The van der Waals surface area contributed by atoms with Crippen LogP contribution in [0.25, 0.3) is 0 Å². The minimum atomic E-state index is -0.278. The molecule has 0 aliphatic carbocycles. The maximum Gasteiger partial charge on any atom is 0.274 e. The van der Waals surface area contributed by atoms with E-state index in [9.17, 15) is 4.79 Å². The highest BCUT2D eigenvalue weighted by Gasteiger charge is 2.13. The number of methoxy groups -OCH3 is 1. The van der Waals surface area contributed by atoms with Crippen LogP contribution in [0, 0.1) is 0 Å². The molecule has 0 spiro atoms. The van der Waals surface area contributed by atoms with Gasteiger partial charge in [0.15, 0.2) is 0 Å². The molecule has 5 heteroatoms. The van der Waals surface area contributed by atoms with E-state index in [-0.39, 0.29) is 11.3 Å². The van der Waals surface area contributed by atoms with Gasteiger partial charge in [-0.05, 0) is 47.4 Å². The van der Waals surface area contributed by atoms with E-state index in [4.69, 9.17) is 4.74 Å². The lowest BCUT2D eigenvalue weighted by atomic mass is 9.87. The highest BCUT2D eigenvalue weighted by atomic mass is 16.5. The first kappa shape index (κ1) is 19.4. The average Bonchev–Trinajstić information content (AvgIpc) is 2.68. The number of hydrogen-bond acceptors (Lipinski definition) is 4. The number of hydrogen-bond donors (Lipinski definition) is 2. The third kappa shape index (κ3) is 4.88. The summed E-state index contributed by atoms with van der Waals surface area (Å²) in [5.41, 5.74) is 4.13. The van der Waals surface area contributed by atoms with Crippen molar-refractivity contribution in [1.29, 1.82) is 0 Å². The number of pyridine rings is 1. The van der Waals surface area contributed by atoms with Crippen LogP contribution >= 0.6 is 0 Å². The van der Waals surface area contributed by atoms with Crippen LogP contribution in [0.15, 0.2) is 66.9 Å². The van der Waals surface area contributed by atoms with Gasteiger partial charge >= 0.3 is 0 Å². The zero-order valence-electron chi connectivity index (χ0n) is 16.6. The molecule has 0 saturated heterocycles. The maximum atomic E-state index is 12.5. The fraction of sp³-hybridized carbons (Fsp3) is 0.217. The summed E-state index contributed by atoms with van der Waals surface area (Å²) in [5.74, 6) is 0.403. The van der Waals surface area contributed by atoms with Crippen LogP contribution < -0.4 is 15.4 Å². The van der Waals surface area contributed by atoms with Gasteiger partial charge in [0.05, 0.1) is 7.11 Å². The van der Waals surface area contributed by atoms with E-state index in [1.807, 2.05) is 30.3 Å². The van der Waals surface area contributed by atoms with E-state index >= 15 is 0 Å². The molecule has 0 radical (unpaired) electrons. The van der Waals surface area contributed by atoms with Gasteiger partial charge in [-0.1, -0.05) is 39.0 Å². The monoisotopic (exact) mass is 375 g/mol. The van der Waals surface area contributed by atoms with Crippen LogP contribution in [0.2, 0.25) is 0 Å². The fourth-order valence-electron chi connectivity index (χ4n) is 2.75. The zero-order valence-corrected chi connectivity index (χ0v) is 16.6. The predicted octanol–water partition coefficient (Wildman–Crippen LogP) is 5.38. The Morgan fingerprint density at radius 1 is 0.929 bits per heavy atom. The molecule has 3 rings (SSSR count). The van der Waals surface area contributed by atoms with Gasteiger partial charge < -0.3 is 15.4 Å². The summed E-state index contributed by atoms with van der Waals surface area (Å²) in [5, 5.41) is 6.16. The van der Waals surface area contributed by atoms with Gasteiger partial charge in [-0.2, -0.15) is 0 Å². The Morgan fingerprint density at radius 2 is 1.68 bits per heavy atom. The molecule has 2 N–H and O–H groups in total. The van der Waals surface area contributed by atoms with Crippen molar-refractivity contribution in [3.63, 3.8) is 0 Å². The van der Waals surface area contributed by atoms with E-state index in [0.29, 0.717) is 17.1 Å². The Hall–Kier alpha value is -3.34. The van der Waals surface area contributed by atoms with Crippen molar-refractivity contribution in [1.82, 2.24) is 4.98 Å². The second-order valence-corrected chi connectivity index (χ2v) is 7.57. The molecule has 5 nitrogen and oxygen atoms in total. The van der Waals surface area contributed by atoms with Crippen molar-refractivity contribution in [2.75, 3.05) is 17.7 Å². The number of carbonyl (C=O) groups excluding carboxylic acids is 1. The number of rotatable bonds is 5. The summed E-state index contributed by atoms with van der Waals surface area (Å²) in [6.07, 6.45) is 1.62. The number of amides is 1. The summed E-state index contributed by atoms with van der Waals surface area (Å²) in [4.78, 5) is 16.7. The fourth-order valence-corrected chi connectivity index (χ4v) is 2.75. The maximum absolute atomic E-state index is 12.5. The van der Waals surface area contributed by atoms with E-state index in [2.05, 4.69) is 48.5 Å². The lowest BCUT2D eigenvalue weighted by molar-refractivity contribution is 0.102. The van der Waals surface area contributed by atoms with Crippen LogP contribution in [0.1, 0.15) is 36.8 Å². The average molecular weight is 375 g/mol. The quantitative estimate of drug-likeness (QED) is 0.628. The van der Waals surface area contributed by atoms with Crippen molar-refractivity contribution in [2.45, 2.75) is 26.2 Å². The number of nitrogens with one attached hydrogen (secondary N) is 2. The summed E-state index contributed by atoms with van der Waals surface area (Å²) >= 11 is 0. The molecule has 0 aliphatic rings. The molecule has 0 bridgehead atoms. The van der Waals surface area contributed by atoms with E-state index in [1.165, 1.54) is 5.56 Å². The Labute approximate surface area is 165 Å². The molecule has 1 heterocycles. The van der Waals surface area contributed by atoms with Crippen molar-refractivity contribution >= 4 is 23.0 Å². The molecular weight excluding hydrogens is 350 g/mol.